The lowest BCUT2D eigenvalue weighted by atomic mass is 10.1. The van der Waals surface area contributed by atoms with Gasteiger partial charge >= 0.3 is 0 Å². The van der Waals surface area contributed by atoms with Crippen LogP contribution in [-0.4, -0.2) is 4.98 Å². The number of hydrogen-bond acceptors (Lipinski definition) is 3. The maximum Gasteiger partial charge on any atom is 0.140 e. The van der Waals surface area contributed by atoms with E-state index < -0.39 is 0 Å². The number of fused-ring (bicyclic) bond motifs is 1. The van der Waals surface area contributed by atoms with Crippen molar-refractivity contribution in [3.8, 4) is 0 Å². The molecule has 0 aliphatic rings. The highest BCUT2D eigenvalue weighted by Crippen LogP contribution is 2.31. The Morgan fingerprint density at radius 3 is 2.68 bits per heavy atom. The van der Waals surface area contributed by atoms with Crippen LogP contribution < -0.4 is 11.1 Å². The summed E-state index contributed by atoms with van der Waals surface area (Å²) < 4.78 is 0. The second-order valence-electron chi connectivity index (χ2n) is 4.21. The van der Waals surface area contributed by atoms with Gasteiger partial charge in [0.15, 0.2) is 0 Å². The number of anilines is 3. The van der Waals surface area contributed by atoms with Crippen LogP contribution in [0.25, 0.3) is 10.8 Å². The van der Waals surface area contributed by atoms with E-state index in [9.17, 15) is 0 Å². The third-order valence-electron chi connectivity index (χ3n) is 2.95. The standard InChI is InChI=1S/C15H12ClN3/c16-11-5-1-2-7-13(11)19-15-14-10(8-9-18-15)4-3-6-12(14)17/h1-9H,17H2,(H,18,19). The minimum absolute atomic E-state index is 0.649. The molecule has 2 aromatic carbocycles. The molecular weight excluding hydrogens is 258 g/mol. The first-order valence-electron chi connectivity index (χ1n) is 5.90. The molecule has 0 spiro atoms. The summed E-state index contributed by atoms with van der Waals surface area (Å²) >= 11 is 6.14. The van der Waals surface area contributed by atoms with Crippen LogP contribution in [0.5, 0.6) is 0 Å². The van der Waals surface area contributed by atoms with Crippen molar-refractivity contribution >= 4 is 39.6 Å². The van der Waals surface area contributed by atoms with Crippen molar-refractivity contribution in [1.29, 1.82) is 0 Å². The molecule has 0 aliphatic heterocycles. The molecule has 94 valence electrons. The first-order chi connectivity index (χ1) is 9.25. The monoisotopic (exact) mass is 269 g/mol. The van der Waals surface area contributed by atoms with E-state index >= 15 is 0 Å². The van der Waals surface area contributed by atoms with E-state index in [1.165, 1.54) is 0 Å². The summed E-state index contributed by atoms with van der Waals surface area (Å²) in [6.45, 7) is 0. The average molecular weight is 270 g/mol. The van der Waals surface area contributed by atoms with E-state index in [2.05, 4.69) is 10.3 Å². The van der Waals surface area contributed by atoms with Gasteiger partial charge in [-0.2, -0.15) is 0 Å². The van der Waals surface area contributed by atoms with Crippen LogP contribution in [0.15, 0.2) is 54.7 Å². The number of nitrogens with two attached hydrogens (primary N) is 1. The molecule has 0 saturated carbocycles. The van der Waals surface area contributed by atoms with E-state index in [4.69, 9.17) is 17.3 Å². The van der Waals surface area contributed by atoms with Crippen LogP contribution in [0, 0.1) is 0 Å². The van der Waals surface area contributed by atoms with Crippen LogP contribution >= 0.6 is 11.6 Å². The van der Waals surface area contributed by atoms with Crippen molar-refractivity contribution in [3.05, 3.63) is 59.8 Å². The van der Waals surface area contributed by atoms with Gasteiger partial charge in [0.25, 0.3) is 0 Å². The highest BCUT2D eigenvalue weighted by atomic mass is 35.5. The SMILES string of the molecule is Nc1cccc2ccnc(Nc3ccccc3Cl)c12. The Hall–Kier alpha value is -2.26. The summed E-state index contributed by atoms with van der Waals surface area (Å²) in [5.74, 6) is 0.712. The summed E-state index contributed by atoms with van der Waals surface area (Å²) in [5.41, 5.74) is 7.54. The number of rotatable bonds is 2. The van der Waals surface area contributed by atoms with Gasteiger partial charge in [-0.15, -0.1) is 0 Å². The zero-order valence-electron chi connectivity index (χ0n) is 10.1. The second-order valence-corrected chi connectivity index (χ2v) is 4.62. The van der Waals surface area contributed by atoms with Crippen LogP contribution in [0.1, 0.15) is 0 Å². The van der Waals surface area contributed by atoms with Crippen LogP contribution in [0.2, 0.25) is 5.02 Å². The van der Waals surface area contributed by atoms with Gasteiger partial charge in [0.1, 0.15) is 5.82 Å². The molecule has 0 saturated heterocycles. The first-order valence-corrected chi connectivity index (χ1v) is 6.28. The fraction of sp³-hybridized carbons (Fsp3) is 0. The first kappa shape index (κ1) is 11.8. The highest BCUT2D eigenvalue weighted by molar-refractivity contribution is 6.33. The Morgan fingerprint density at radius 2 is 1.84 bits per heavy atom. The van der Waals surface area contributed by atoms with Gasteiger partial charge in [-0.05, 0) is 29.7 Å². The van der Waals surface area contributed by atoms with E-state index in [0.717, 1.165) is 16.5 Å². The maximum absolute atomic E-state index is 6.14. The molecule has 3 rings (SSSR count). The van der Waals surface area contributed by atoms with Gasteiger partial charge in [0, 0.05) is 17.3 Å². The molecule has 0 aliphatic carbocycles. The van der Waals surface area contributed by atoms with Crippen molar-refractivity contribution in [2.24, 2.45) is 0 Å². The summed E-state index contributed by atoms with van der Waals surface area (Å²) in [6.07, 6.45) is 1.75. The number of hydrogen-bond donors (Lipinski definition) is 2. The maximum atomic E-state index is 6.14. The predicted octanol–water partition coefficient (Wildman–Crippen LogP) is 4.21. The Kier molecular flexibility index (Phi) is 2.97. The topological polar surface area (TPSA) is 50.9 Å². The zero-order chi connectivity index (χ0) is 13.2. The molecule has 0 amide bonds. The quantitative estimate of drug-likeness (QED) is 0.685. The number of para-hydroxylation sites is 1. The lowest BCUT2D eigenvalue weighted by Gasteiger charge is -2.11. The summed E-state index contributed by atoms with van der Waals surface area (Å²) in [5, 5.41) is 5.84. The third kappa shape index (κ3) is 2.20. The predicted molar refractivity (Wildman–Crippen MR) is 80.9 cm³/mol. The molecule has 0 bridgehead atoms. The zero-order valence-corrected chi connectivity index (χ0v) is 10.9. The molecule has 1 aromatic heterocycles. The van der Waals surface area contributed by atoms with Crippen LogP contribution in [-0.2, 0) is 0 Å². The number of nitrogens with one attached hydrogen (secondary N) is 1. The summed E-state index contributed by atoms with van der Waals surface area (Å²) in [7, 11) is 0. The van der Waals surface area contributed by atoms with Gasteiger partial charge < -0.3 is 11.1 Å². The van der Waals surface area contributed by atoms with Gasteiger partial charge in [-0.3, -0.25) is 0 Å². The smallest absolute Gasteiger partial charge is 0.140 e. The van der Waals surface area contributed by atoms with E-state index in [1.54, 1.807) is 6.20 Å². The average Bonchev–Trinajstić information content (AvgIpc) is 2.42. The minimum atomic E-state index is 0.649. The third-order valence-corrected chi connectivity index (χ3v) is 3.28. The molecule has 3 N–H and O–H groups in total. The molecule has 1 heterocycles. The molecular formula is C15H12ClN3. The Labute approximate surface area is 116 Å². The molecule has 0 atom stereocenters. The molecule has 3 nitrogen and oxygen atoms in total. The summed E-state index contributed by atoms with van der Waals surface area (Å²) in [6, 6.07) is 15.3. The van der Waals surface area contributed by atoms with Crippen molar-refractivity contribution < 1.29 is 0 Å². The lowest BCUT2D eigenvalue weighted by Crippen LogP contribution is -1.97. The molecule has 0 fully saturated rings. The Bertz CT molecular complexity index is 735. The fourth-order valence-electron chi connectivity index (χ4n) is 2.04. The molecule has 0 radical (unpaired) electrons. The number of nitrogens with zero attached hydrogens (tertiary/aromatic N) is 1. The normalized spacial score (nSPS) is 10.6. The highest BCUT2D eigenvalue weighted by Gasteiger charge is 2.07. The Balaban J connectivity index is 2.14. The number of aromatic nitrogens is 1. The number of pyridine rings is 1. The van der Waals surface area contributed by atoms with Crippen molar-refractivity contribution in [2.45, 2.75) is 0 Å². The molecule has 0 unspecified atom stereocenters. The molecule has 19 heavy (non-hydrogen) atoms. The van der Waals surface area contributed by atoms with Gasteiger partial charge in [-0.25, -0.2) is 4.98 Å². The lowest BCUT2D eigenvalue weighted by molar-refractivity contribution is 1.34. The van der Waals surface area contributed by atoms with Crippen molar-refractivity contribution in [2.75, 3.05) is 11.1 Å². The fourth-order valence-corrected chi connectivity index (χ4v) is 2.23. The number of benzene rings is 2. The van der Waals surface area contributed by atoms with Crippen LogP contribution in [0.3, 0.4) is 0 Å². The van der Waals surface area contributed by atoms with E-state index in [1.807, 2.05) is 48.5 Å². The summed E-state index contributed by atoms with van der Waals surface area (Å²) in [4.78, 5) is 4.35. The Morgan fingerprint density at radius 1 is 1.00 bits per heavy atom. The minimum Gasteiger partial charge on any atom is -0.398 e. The largest absolute Gasteiger partial charge is 0.398 e. The number of nitrogen functional groups attached to an aromatic ring is 1. The van der Waals surface area contributed by atoms with Crippen LogP contribution in [0.4, 0.5) is 17.2 Å². The van der Waals surface area contributed by atoms with Gasteiger partial charge in [0.05, 0.1) is 10.7 Å². The van der Waals surface area contributed by atoms with E-state index in [-0.39, 0.29) is 0 Å². The van der Waals surface area contributed by atoms with Gasteiger partial charge in [0.2, 0.25) is 0 Å². The number of halogens is 1. The molecule has 3 aromatic rings. The van der Waals surface area contributed by atoms with E-state index in [0.29, 0.717) is 16.5 Å². The second kappa shape index (κ2) is 4.78. The van der Waals surface area contributed by atoms with Crippen molar-refractivity contribution in [3.63, 3.8) is 0 Å². The van der Waals surface area contributed by atoms with Gasteiger partial charge in [-0.1, -0.05) is 35.9 Å². The molecule has 4 heteroatoms. The van der Waals surface area contributed by atoms with Crippen molar-refractivity contribution in [1.82, 2.24) is 4.98 Å².